The van der Waals surface area contributed by atoms with Crippen LogP contribution < -0.4 is 16.4 Å². The Morgan fingerprint density at radius 3 is 2.25 bits per heavy atom. The van der Waals surface area contributed by atoms with Gasteiger partial charge in [-0.3, -0.25) is 0 Å². The molecular weight excluding hydrogens is 316 g/mol. The summed E-state index contributed by atoms with van der Waals surface area (Å²) in [5, 5.41) is 0. The first-order chi connectivity index (χ1) is 11.3. The van der Waals surface area contributed by atoms with Crippen LogP contribution in [0.15, 0.2) is 18.6 Å². The molecule has 9 heteroatoms. The van der Waals surface area contributed by atoms with Crippen molar-refractivity contribution in [1.82, 2.24) is 19.9 Å². The summed E-state index contributed by atoms with van der Waals surface area (Å²) in [5.74, 6) is -2.66. The summed E-state index contributed by atoms with van der Waals surface area (Å²) < 4.78 is 26.3. The van der Waals surface area contributed by atoms with Crippen LogP contribution >= 0.6 is 0 Å². The Kier molecular flexibility index (Phi) is 4.16. The van der Waals surface area contributed by atoms with Crippen LogP contribution in [0.5, 0.6) is 0 Å². The number of piperidine rings is 1. The fourth-order valence-corrected chi connectivity index (χ4v) is 2.89. The number of hydrogen-bond acceptors (Lipinski definition) is 7. The fraction of sp³-hybridized carbons (Fsp3) is 0.467. The van der Waals surface area contributed by atoms with Crippen molar-refractivity contribution in [2.45, 2.75) is 31.6 Å². The summed E-state index contributed by atoms with van der Waals surface area (Å²) in [4.78, 5) is 17.6. The minimum Gasteiger partial charge on any atom is -0.383 e. The van der Waals surface area contributed by atoms with Crippen molar-refractivity contribution >= 4 is 17.5 Å². The quantitative estimate of drug-likeness (QED) is 0.882. The number of nitrogen functional groups attached to an aromatic ring is 2. The third kappa shape index (κ3) is 3.34. The van der Waals surface area contributed by atoms with Crippen LogP contribution in [-0.2, 0) is 5.92 Å². The number of nitrogens with zero attached hydrogens (tertiary/aromatic N) is 5. The molecule has 1 fully saturated rings. The van der Waals surface area contributed by atoms with E-state index in [4.69, 9.17) is 11.5 Å². The zero-order valence-electron chi connectivity index (χ0n) is 13.3. The van der Waals surface area contributed by atoms with E-state index < -0.39 is 11.7 Å². The van der Waals surface area contributed by atoms with E-state index in [-0.39, 0.29) is 11.9 Å². The monoisotopic (exact) mass is 335 g/mol. The number of halogens is 2. The van der Waals surface area contributed by atoms with Crippen molar-refractivity contribution in [2.24, 2.45) is 0 Å². The van der Waals surface area contributed by atoms with E-state index in [2.05, 4.69) is 24.8 Å². The topological polar surface area (TPSA) is 107 Å². The highest BCUT2D eigenvalue weighted by Crippen LogP contribution is 2.32. The van der Waals surface area contributed by atoms with Crippen LogP contribution in [0.1, 0.15) is 37.1 Å². The number of hydrogen-bond donors (Lipinski definition) is 2. The lowest BCUT2D eigenvalue weighted by molar-refractivity contribution is 0.00769. The number of rotatable bonds is 3. The minimum atomic E-state index is -3.03. The Bertz CT molecular complexity index is 707. The van der Waals surface area contributed by atoms with E-state index in [1.165, 1.54) is 12.4 Å². The summed E-state index contributed by atoms with van der Waals surface area (Å²) in [6.07, 6.45) is 6.27. The van der Waals surface area contributed by atoms with Gasteiger partial charge in [-0.25, -0.2) is 15.0 Å². The molecule has 0 bridgehead atoms. The lowest BCUT2D eigenvalue weighted by Gasteiger charge is -2.33. The van der Waals surface area contributed by atoms with Crippen LogP contribution in [0, 0.1) is 0 Å². The smallest absolute Gasteiger partial charge is 0.303 e. The van der Waals surface area contributed by atoms with Crippen LogP contribution in [0.25, 0.3) is 0 Å². The molecule has 0 saturated carbocycles. The van der Waals surface area contributed by atoms with Crippen LogP contribution in [0.3, 0.4) is 0 Å². The van der Waals surface area contributed by atoms with Gasteiger partial charge in [0.15, 0.2) is 5.82 Å². The predicted molar refractivity (Wildman–Crippen MR) is 86.6 cm³/mol. The van der Waals surface area contributed by atoms with E-state index in [0.717, 1.165) is 44.1 Å². The largest absolute Gasteiger partial charge is 0.383 e. The molecule has 3 rings (SSSR count). The molecule has 0 atom stereocenters. The van der Waals surface area contributed by atoms with Gasteiger partial charge in [-0.15, -0.1) is 0 Å². The zero-order chi connectivity index (χ0) is 17.3. The normalized spacial score (nSPS) is 16.4. The zero-order valence-corrected chi connectivity index (χ0v) is 13.3. The maximum Gasteiger partial charge on any atom is 0.303 e. The molecular formula is C15H19F2N7. The number of nitrogens with two attached hydrogens (primary N) is 2. The lowest BCUT2D eigenvalue weighted by Crippen LogP contribution is -2.33. The van der Waals surface area contributed by atoms with Gasteiger partial charge < -0.3 is 16.4 Å². The molecule has 128 valence electrons. The first-order valence-corrected chi connectivity index (χ1v) is 7.68. The third-order valence-electron chi connectivity index (χ3n) is 4.20. The van der Waals surface area contributed by atoms with Crippen molar-refractivity contribution in [2.75, 3.05) is 29.5 Å². The Balaban J connectivity index is 1.66. The van der Waals surface area contributed by atoms with Gasteiger partial charge in [-0.05, 0) is 18.8 Å². The number of alkyl halides is 2. The van der Waals surface area contributed by atoms with Crippen molar-refractivity contribution in [3.05, 3.63) is 30.0 Å². The second kappa shape index (κ2) is 6.14. The van der Waals surface area contributed by atoms with Crippen molar-refractivity contribution in [3.8, 4) is 0 Å². The van der Waals surface area contributed by atoms with Gasteiger partial charge in [0.25, 0.3) is 0 Å². The Morgan fingerprint density at radius 1 is 1.08 bits per heavy atom. The van der Waals surface area contributed by atoms with Gasteiger partial charge in [0.1, 0.15) is 5.82 Å². The average molecular weight is 335 g/mol. The van der Waals surface area contributed by atoms with Crippen molar-refractivity contribution < 1.29 is 8.78 Å². The highest BCUT2D eigenvalue weighted by atomic mass is 19.3. The first kappa shape index (κ1) is 16.3. The molecule has 1 aliphatic rings. The van der Waals surface area contributed by atoms with Gasteiger partial charge in [0, 0.05) is 31.8 Å². The van der Waals surface area contributed by atoms with E-state index in [0.29, 0.717) is 5.82 Å². The summed E-state index contributed by atoms with van der Waals surface area (Å²) in [6.45, 7) is 2.28. The summed E-state index contributed by atoms with van der Waals surface area (Å²) >= 11 is 0. The summed E-state index contributed by atoms with van der Waals surface area (Å²) in [7, 11) is 0. The molecule has 0 unspecified atom stereocenters. The molecule has 4 N–H and O–H groups in total. The molecule has 0 radical (unpaired) electrons. The van der Waals surface area contributed by atoms with Gasteiger partial charge in [-0.2, -0.15) is 13.8 Å². The highest BCUT2D eigenvalue weighted by molar-refractivity contribution is 5.46. The molecule has 7 nitrogen and oxygen atoms in total. The Labute approximate surface area is 138 Å². The Morgan fingerprint density at radius 2 is 1.71 bits per heavy atom. The molecule has 1 aliphatic heterocycles. The molecule has 0 aromatic carbocycles. The maximum absolute atomic E-state index is 13.2. The van der Waals surface area contributed by atoms with Crippen LogP contribution in [-0.4, -0.2) is 33.0 Å². The van der Waals surface area contributed by atoms with Gasteiger partial charge in [0.05, 0.1) is 18.1 Å². The van der Waals surface area contributed by atoms with Gasteiger partial charge in [0.2, 0.25) is 5.95 Å². The van der Waals surface area contributed by atoms with Gasteiger partial charge in [-0.1, -0.05) is 0 Å². The summed E-state index contributed by atoms with van der Waals surface area (Å²) in [5.41, 5.74) is 13.1. The number of aromatic nitrogens is 4. The Hall–Kier alpha value is -2.58. The SMILES string of the molecule is CC(F)(F)c1ncc(N2CCC(c3cnc(N)nc3N)CC2)cn1. The second-order valence-corrected chi connectivity index (χ2v) is 5.98. The van der Waals surface area contributed by atoms with E-state index in [1.54, 1.807) is 6.20 Å². The number of anilines is 3. The summed E-state index contributed by atoms with van der Waals surface area (Å²) in [6, 6.07) is 0. The maximum atomic E-state index is 13.2. The van der Waals surface area contributed by atoms with Crippen LogP contribution in [0.4, 0.5) is 26.2 Å². The fourth-order valence-electron chi connectivity index (χ4n) is 2.89. The van der Waals surface area contributed by atoms with E-state index >= 15 is 0 Å². The van der Waals surface area contributed by atoms with Gasteiger partial charge >= 0.3 is 5.92 Å². The predicted octanol–water partition coefficient (Wildman–Crippen LogP) is 1.93. The molecule has 0 amide bonds. The van der Waals surface area contributed by atoms with Crippen molar-refractivity contribution in [3.63, 3.8) is 0 Å². The molecule has 1 saturated heterocycles. The molecule has 0 spiro atoms. The molecule has 2 aromatic heterocycles. The molecule has 24 heavy (non-hydrogen) atoms. The molecule has 3 heterocycles. The average Bonchev–Trinajstić information content (AvgIpc) is 2.54. The van der Waals surface area contributed by atoms with Crippen molar-refractivity contribution in [1.29, 1.82) is 0 Å². The highest BCUT2D eigenvalue weighted by Gasteiger charge is 2.29. The molecule has 0 aliphatic carbocycles. The third-order valence-corrected chi connectivity index (χ3v) is 4.20. The van der Waals surface area contributed by atoms with E-state index in [1.807, 2.05) is 0 Å². The molecule has 2 aromatic rings. The second-order valence-electron chi connectivity index (χ2n) is 5.98. The van der Waals surface area contributed by atoms with Crippen LogP contribution in [0.2, 0.25) is 0 Å². The first-order valence-electron chi connectivity index (χ1n) is 7.68. The standard InChI is InChI=1S/C15H19F2N7/c1-15(16,17)13-20-6-10(7-21-13)24-4-2-9(3-5-24)11-8-22-14(19)23-12(11)18/h6-9H,2-5H2,1H3,(H4,18,19,22,23). The lowest BCUT2D eigenvalue weighted by atomic mass is 9.90. The minimum absolute atomic E-state index is 0.165. The van der Waals surface area contributed by atoms with E-state index in [9.17, 15) is 8.78 Å².